The largest absolute Gasteiger partial charge is 0.447 e. The molecule has 1 aromatic heterocycles. The molecule has 1 aliphatic rings. The number of imidazole rings is 1. The van der Waals surface area contributed by atoms with Crippen LogP contribution in [-0.4, -0.2) is 39.7 Å². The van der Waals surface area contributed by atoms with Gasteiger partial charge in [0.15, 0.2) is 0 Å². The highest BCUT2D eigenvalue weighted by molar-refractivity contribution is 5.76. The molecule has 0 radical (unpaired) electrons. The van der Waals surface area contributed by atoms with Gasteiger partial charge in [-0.2, -0.15) is 0 Å². The summed E-state index contributed by atoms with van der Waals surface area (Å²) in [7, 11) is 0. The zero-order valence-corrected chi connectivity index (χ0v) is 15.4. The van der Waals surface area contributed by atoms with Crippen molar-refractivity contribution in [2.24, 2.45) is 0 Å². The average Bonchev–Trinajstić information content (AvgIpc) is 2.89. The monoisotopic (exact) mass is 345 g/mol. The third-order valence-corrected chi connectivity index (χ3v) is 4.83. The van der Waals surface area contributed by atoms with Crippen molar-refractivity contribution in [3.8, 4) is 0 Å². The Morgan fingerprint density at radius 2 is 1.88 bits per heavy atom. The van der Waals surface area contributed by atoms with Crippen LogP contribution in [0.2, 0.25) is 0 Å². The molecule has 1 fully saturated rings. The van der Waals surface area contributed by atoms with E-state index in [9.17, 15) is 9.59 Å². The highest BCUT2D eigenvalue weighted by atomic mass is 16.6. The van der Waals surface area contributed by atoms with Gasteiger partial charge in [-0.3, -0.25) is 4.57 Å². The second kappa shape index (κ2) is 6.94. The lowest BCUT2D eigenvalue weighted by atomic mass is 10.0. The van der Waals surface area contributed by atoms with Gasteiger partial charge in [0, 0.05) is 19.1 Å². The molecule has 0 aliphatic carbocycles. The Balaban J connectivity index is 1.81. The zero-order valence-electron chi connectivity index (χ0n) is 15.4. The first-order chi connectivity index (χ1) is 11.9. The summed E-state index contributed by atoms with van der Waals surface area (Å²) in [4.78, 5) is 29.2. The minimum atomic E-state index is -0.262. The van der Waals surface area contributed by atoms with E-state index in [1.807, 2.05) is 24.5 Å². The van der Waals surface area contributed by atoms with Gasteiger partial charge in [-0.05, 0) is 50.3 Å². The molecular formula is C19H27N3O3. The van der Waals surface area contributed by atoms with Crippen molar-refractivity contribution in [3.05, 3.63) is 34.2 Å². The number of H-pyrrole nitrogens is 1. The highest BCUT2D eigenvalue weighted by Gasteiger charge is 2.27. The number of benzene rings is 1. The maximum Gasteiger partial charge on any atom is 0.410 e. The first-order valence-electron chi connectivity index (χ1n) is 9.06. The topological polar surface area (TPSA) is 67.3 Å². The van der Waals surface area contributed by atoms with Crippen LogP contribution >= 0.6 is 0 Å². The molecule has 1 aliphatic heterocycles. The minimum absolute atomic E-state index is 0.0703. The number of aromatic amines is 1. The molecule has 1 N–H and O–H groups in total. The van der Waals surface area contributed by atoms with E-state index in [-0.39, 0.29) is 23.9 Å². The number of aromatic nitrogens is 2. The van der Waals surface area contributed by atoms with E-state index in [1.54, 1.807) is 4.90 Å². The Kier molecular flexibility index (Phi) is 4.88. The predicted molar refractivity (Wildman–Crippen MR) is 98.1 cm³/mol. The van der Waals surface area contributed by atoms with E-state index in [0.717, 1.165) is 23.9 Å². The molecule has 6 heteroatoms. The summed E-state index contributed by atoms with van der Waals surface area (Å²) in [5, 5.41) is 0. The number of fused-ring (bicyclic) bond motifs is 1. The van der Waals surface area contributed by atoms with Gasteiger partial charge in [0.1, 0.15) is 0 Å². The fourth-order valence-electron chi connectivity index (χ4n) is 3.44. The van der Waals surface area contributed by atoms with Crippen molar-refractivity contribution < 1.29 is 9.53 Å². The normalized spacial score (nSPS) is 16.2. The van der Waals surface area contributed by atoms with Crippen molar-refractivity contribution in [2.75, 3.05) is 13.1 Å². The van der Waals surface area contributed by atoms with Crippen LogP contribution in [0.25, 0.3) is 11.0 Å². The third kappa shape index (κ3) is 3.57. The lowest BCUT2D eigenvalue weighted by Gasteiger charge is -2.32. The summed E-state index contributed by atoms with van der Waals surface area (Å²) in [5.74, 6) is 0.413. The molecule has 3 rings (SSSR count). The molecule has 0 unspecified atom stereocenters. The average molecular weight is 345 g/mol. The number of carbonyl (C=O) groups is 1. The van der Waals surface area contributed by atoms with E-state index in [2.05, 4.69) is 31.0 Å². The number of amides is 1. The van der Waals surface area contributed by atoms with Crippen LogP contribution in [0.4, 0.5) is 4.79 Å². The van der Waals surface area contributed by atoms with Gasteiger partial charge in [-0.15, -0.1) is 0 Å². The summed E-state index contributed by atoms with van der Waals surface area (Å²) >= 11 is 0. The van der Waals surface area contributed by atoms with E-state index in [0.29, 0.717) is 19.0 Å². The van der Waals surface area contributed by atoms with Crippen LogP contribution in [0.15, 0.2) is 23.0 Å². The molecule has 0 atom stereocenters. The molecular weight excluding hydrogens is 318 g/mol. The van der Waals surface area contributed by atoms with Gasteiger partial charge in [-0.1, -0.05) is 19.9 Å². The minimum Gasteiger partial charge on any atom is -0.447 e. The quantitative estimate of drug-likeness (QED) is 0.923. The third-order valence-electron chi connectivity index (χ3n) is 4.83. The van der Waals surface area contributed by atoms with Crippen molar-refractivity contribution in [1.82, 2.24) is 14.5 Å². The molecule has 0 saturated carbocycles. The molecule has 1 saturated heterocycles. The molecule has 1 amide bonds. The van der Waals surface area contributed by atoms with Crippen LogP contribution in [0.3, 0.4) is 0 Å². The SMILES string of the molecule is CC(C)OC(=O)N1CCC(n2c(=O)[nH]c3ccc(C(C)C)cc32)CC1. The molecule has 136 valence electrons. The number of hydrogen-bond acceptors (Lipinski definition) is 3. The van der Waals surface area contributed by atoms with Crippen LogP contribution < -0.4 is 5.69 Å². The summed E-state index contributed by atoms with van der Waals surface area (Å²) in [6.45, 7) is 9.22. The van der Waals surface area contributed by atoms with Crippen LogP contribution in [0.1, 0.15) is 58.1 Å². The van der Waals surface area contributed by atoms with E-state index in [4.69, 9.17) is 4.74 Å². The lowest BCUT2D eigenvalue weighted by Crippen LogP contribution is -2.41. The number of ether oxygens (including phenoxy) is 1. The smallest absolute Gasteiger partial charge is 0.410 e. The number of likely N-dealkylation sites (tertiary alicyclic amines) is 1. The summed E-state index contributed by atoms with van der Waals surface area (Å²) < 4.78 is 7.13. The van der Waals surface area contributed by atoms with E-state index in [1.165, 1.54) is 5.56 Å². The molecule has 2 heterocycles. The molecule has 2 aromatic rings. The van der Waals surface area contributed by atoms with Crippen molar-refractivity contribution >= 4 is 17.1 Å². The number of nitrogens with one attached hydrogen (secondary N) is 1. The second-order valence-electron chi connectivity index (χ2n) is 7.38. The Bertz CT molecular complexity index is 811. The fourth-order valence-corrected chi connectivity index (χ4v) is 3.44. The van der Waals surface area contributed by atoms with Gasteiger partial charge in [0.25, 0.3) is 0 Å². The zero-order chi connectivity index (χ0) is 18.1. The number of piperidine rings is 1. The summed E-state index contributed by atoms with van der Waals surface area (Å²) in [6, 6.07) is 6.26. The Morgan fingerprint density at radius 3 is 2.48 bits per heavy atom. The second-order valence-corrected chi connectivity index (χ2v) is 7.38. The Labute approximate surface area is 147 Å². The first kappa shape index (κ1) is 17.6. The molecule has 1 aromatic carbocycles. The van der Waals surface area contributed by atoms with Crippen LogP contribution in [-0.2, 0) is 4.74 Å². The number of nitrogens with zero attached hydrogens (tertiary/aromatic N) is 2. The molecule has 25 heavy (non-hydrogen) atoms. The maximum absolute atomic E-state index is 12.5. The van der Waals surface area contributed by atoms with Crippen LogP contribution in [0, 0.1) is 0 Å². The Morgan fingerprint density at radius 1 is 1.20 bits per heavy atom. The first-order valence-corrected chi connectivity index (χ1v) is 9.06. The van der Waals surface area contributed by atoms with Gasteiger partial charge < -0.3 is 14.6 Å². The van der Waals surface area contributed by atoms with Gasteiger partial charge in [0.05, 0.1) is 17.1 Å². The molecule has 0 spiro atoms. The van der Waals surface area contributed by atoms with Gasteiger partial charge in [0.2, 0.25) is 0 Å². The molecule has 6 nitrogen and oxygen atoms in total. The number of carbonyl (C=O) groups excluding carboxylic acids is 1. The Hall–Kier alpha value is -2.24. The van der Waals surface area contributed by atoms with Gasteiger partial charge >= 0.3 is 11.8 Å². The van der Waals surface area contributed by atoms with Crippen molar-refractivity contribution in [2.45, 2.75) is 58.6 Å². The van der Waals surface area contributed by atoms with E-state index >= 15 is 0 Å². The van der Waals surface area contributed by atoms with Crippen molar-refractivity contribution in [1.29, 1.82) is 0 Å². The molecule has 0 bridgehead atoms. The summed E-state index contributed by atoms with van der Waals surface area (Å²) in [6.07, 6.45) is 1.13. The van der Waals surface area contributed by atoms with Gasteiger partial charge in [-0.25, -0.2) is 9.59 Å². The van der Waals surface area contributed by atoms with E-state index < -0.39 is 0 Å². The number of hydrogen-bond donors (Lipinski definition) is 1. The maximum atomic E-state index is 12.5. The van der Waals surface area contributed by atoms with Crippen molar-refractivity contribution in [3.63, 3.8) is 0 Å². The fraction of sp³-hybridized carbons (Fsp3) is 0.579. The van der Waals surface area contributed by atoms with Crippen LogP contribution in [0.5, 0.6) is 0 Å². The predicted octanol–water partition coefficient (Wildman–Crippen LogP) is 3.63. The lowest BCUT2D eigenvalue weighted by molar-refractivity contribution is 0.0661. The standard InChI is InChI=1S/C19H27N3O3/c1-12(2)14-5-6-16-17(11-14)22(18(23)20-16)15-7-9-21(10-8-15)19(24)25-13(3)4/h5-6,11-13,15H,7-10H2,1-4H3,(H,20,23). The highest BCUT2D eigenvalue weighted by Crippen LogP contribution is 2.27. The summed E-state index contributed by atoms with van der Waals surface area (Å²) in [5.41, 5.74) is 2.98. The number of rotatable bonds is 3.